The molecule has 0 aliphatic carbocycles. The summed E-state index contributed by atoms with van der Waals surface area (Å²) in [6.45, 7) is 0. The van der Waals surface area contributed by atoms with Crippen molar-refractivity contribution in [1.82, 2.24) is 0 Å². The van der Waals surface area contributed by atoms with Gasteiger partial charge in [-0.3, -0.25) is 0 Å². The SMILES string of the molecule is c1ccc2c(-c3ccc(N(c4ccc(-c5cc(-c6ccc7oc8ccccc8c7c6)cc(-c6ccc7sc8ccccc8c7c6)c5)cc4)c4ccc(-c5cccc6ccccc56)cc4)cc3)cccc2c1. The first-order valence-corrected chi connectivity index (χ1v) is 25.0. The monoisotopic (exact) mass is 921 g/mol. The summed E-state index contributed by atoms with van der Waals surface area (Å²) in [5, 5.41) is 9.83. The number of benzene rings is 12. The average molecular weight is 922 g/mol. The minimum Gasteiger partial charge on any atom is -0.456 e. The van der Waals surface area contributed by atoms with E-state index in [-0.39, 0.29) is 0 Å². The lowest BCUT2D eigenvalue weighted by Crippen LogP contribution is -2.09. The van der Waals surface area contributed by atoms with Crippen LogP contribution < -0.4 is 4.90 Å². The Balaban J connectivity index is 0.885. The van der Waals surface area contributed by atoms with Crippen molar-refractivity contribution in [2.24, 2.45) is 0 Å². The van der Waals surface area contributed by atoms with E-state index in [1.54, 1.807) is 0 Å². The number of rotatable bonds is 8. The minimum absolute atomic E-state index is 0.896. The molecule has 332 valence electrons. The first-order valence-electron chi connectivity index (χ1n) is 24.2. The number of para-hydroxylation sites is 1. The normalized spacial score (nSPS) is 11.7. The highest BCUT2D eigenvalue weighted by Crippen LogP contribution is 2.43. The van der Waals surface area contributed by atoms with E-state index in [2.05, 4.69) is 254 Å². The van der Waals surface area contributed by atoms with Crippen LogP contribution in [0.3, 0.4) is 0 Å². The Morgan fingerprint density at radius 3 is 1.28 bits per heavy atom. The Morgan fingerprint density at radius 2 is 0.676 bits per heavy atom. The molecule has 14 aromatic rings. The van der Waals surface area contributed by atoms with Gasteiger partial charge in [0.2, 0.25) is 0 Å². The zero-order valence-corrected chi connectivity index (χ0v) is 39.4. The van der Waals surface area contributed by atoms with E-state index in [0.29, 0.717) is 0 Å². The molecule has 0 atom stereocenters. The van der Waals surface area contributed by atoms with Gasteiger partial charge in [-0.15, -0.1) is 11.3 Å². The summed E-state index contributed by atoms with van der Waals surface area (Å²) in [7, 11) is 0. The summed E-state index contributed by atoms with van der Waals surface area (Å²) < 4.78 is 8.88. The second-order valence-corrected chi connectivity index (χ2v) is 19.5. The van der Waals surface area contributed by atoms with Crippen LogP contribution in [0.1, 0.15) is 0 Å². The highest BCUT2D eigenvalue weighted by Gasteiger charge is 2.17. The van der Waals surface area contributed by atoms with Crippen LogP contribution in [0.15, 0.2) is 265 Å². The smallest absolute Gasteiger partial charge is 0.135 e. The summed E-state index contributed by atoms with van der Waals surface area (Å²) in [6.07, 6.45) is 0. The fourth-order valence-corrected chi connectivity index (χ4v) is 11.8. The predicted octanol–water partition coefficient (Wildman–Crippen LogP) is 20.1. The number of anilines is 3. The molecule has 0 bridgehead atoms. The third-order valence-corrected chi connectivity index (χ3v) is 15.4. The molecule has 71 heavy (non-hydrogen) atoms. The molecule has 0 unspecified atom stereocenters. The number of hydrogen-bond acceptors (Lipinski definition) is 3. The quantitative estimate of drug-likeness (QED) is 0.151. The van der Waals surface area contributed by atoms with Crippen LogP contribution in [0.25, 0.3) is 119 Å². The van der Waals surface area contributed by atoms with Crippen LogP contribution in [0.5, 0.6) is 0 Å². The largest absolute Gasteiger partial charge is 0.456 e. The van der Waals surface area contributed by atoms with E-state index >= 15 is 0 Å². The van der Waals surface area contributed by atoms with Gasteiger partial charge in [-0.25, -0.2) is 0 Å². The summed E-state index contributed by atoms with van der Waals surface area (Å²) in [6, 6.07) is 95.2. The molecule has 0 aliphatic heterocycles. The fourth-order valence-electron chi connectivity index (χ4n) is 10.7. The van der Waals surface area contributed by atoms with Gasteiger partial charge in [-0.1, -0.05) is 170 Å². The van der Waals surface area contributed by atoms with Gasteiger partial charge in [0.25, 0.3) is 0 Å². The van der Waals surface area contributed by atoms with Gasteiger partial charge in [0.1, 0.15) is 11.2 Å². The molecule has 2 heterocycles. The second kappa shape index (κ2) is 16.9. The molecular weight excluding hydrogens is 879 g/mol. The Kier molecular flexibility index (Phi) is 9.75. The van der Waals surface area contributed by atoms with Gasteiger partial charge < -0.3 is 9.32 Å². The molecule has 14 rings (SSSR count). The van der Waals surface area contributed by atoms with Crippen LogP contribution in [0, 0.1) is 0 Å². The number of fused-ring (bicyclic) bond motifs is 8. The fraction of sp³-hybridized carbons (Fsp3) is 0. The molecule has 0 radical (unpaired) electrons. The third-order valence-electron chi connectivity index (χ3n) is 14.3. The van der Waals surface area contributed by atoms with Crippen molar-refractivity contribution in [1.29, 1.82) is 0 Å². The molecule has 2 nitrogen and oxygen atoms in total. The lowest BCUT2D eigenvalue weighted by molar-refractivity contribution is 0.669. The zero-order chi connectivity index (χ0) is 46.8. The molecule has 0 N–H and O–H groups in total. The van der Waals surface area contributed by atoms with Crippen molar-refractivity contribution in [2.75, 3.05) is 4.90 Å². The first kappa shape index (κ1) is 41.0. The average Bonchev–Trinajstić information content (AvgIpc) is 4.01. The van der Waals surface area contributed by atoms with Gasteiger partial charge in [0, 0.05) is 48.0 Å². The molecule has 0 aliphatic rings. The Hall–Kier alpha value is -9.02. The van der Waals surface area contributed by atoms with Gasteiger partial charge in [0.05, 0.1) is 0 Å². The molecule has 12 aromatic carbocycles. The molecule has 0 spiro atoms. The Labute approximate surface area is 415 Å². The minimum atomic E-state index is 0.896. The summed E-state index contributed by atoms with van der Waals surface area (Å²) in [4.78, 5) is 2.37. The van der Waals surface area contributed by atoms with Crippen molar-refractivity contribution in [3.8, 4) is 55.6 Å². The van der Waals surface area contributed by atoms with E-state index in [0.717, 1.165) is 61.3 Å². The molecule has 0 saturated heterocycles. The van der Waals surface area contributed by atoms with Gasteiger partial charge >= 0.3 is 0 Å². The molecule has 0 fully saturated rings. The third kappa shape index (κ3) is 7.26. The highest BCUT2D eigenvalue weighted by molar-refractivity contribution is 7.25. The van der Waals surface area contributed by atoms with Crippen LogP contribution in [-0.2, 0) is 0 Å². The van der Waals surface area contributed by atoms with E-state index in [1.807, 2.05) is 23.5 Å². The van der Waals surface area contributed by atoms with Crippen molar-refractivity contribution in [3.63, 3.8) is 0 Å². The molecular formula is C68H43NOS. The summed E-state index contributed by atoms with van der Waals surface area (Å²) in [5.41, 5.74) is 16.9. The van der Waals surface area contributed by atoms with E-state index < -0.39 is 0 Å². The number of hydrogen-bond donors (Lipinski definition) is 0. The van der Waals surface area contributed by atoms with Crippen molar-refractivity contribution in [3.05, 3.63) is 261 Å². The lowest BCUT2D eigenvalue weighted by Gasteiger charge is -2.26. The zero-order valence-electron chi connectivity index (χ0n) is 38.6. The second-order valence-electron chi connectivity index (χ2n) is 18.4. The van der Waals surface area contributed by atoms with Gasteiger partial charge in [-0.05, 0) is 168 Å². The van der Waals surface area contributed by atoms with Crippen LogP contribution in [0.4, 0.5) is 17.1 Å². The summed E-state index contributed by atoms with van der Waals surface area (Å²) >= 11 is 1.86. The maximum absolute atomic E-state index is 6.27. The Morgan fingerprint density at radius 1 is 0.254 bits per heavy atom. The lowest BCUT2D eigenvalue weighted by atomic mass is 9.92. The van der Waals surface area contributed by atoms with Crippen molar-refractivity contribution < 1.29 is 4.42 Å². The standard InChI is InChI=1S/C68H43NOS/c1-3-15-57-45(11-1)13-9-19-59(57)47-25-33-55(34-26-47)69(56-35-27-48(28-36-56)60-20-10-14-46-12-2-4-16-58(46)60)54-31-23-44(24-32-54)51-39-52(49-29-37-66-63(42-49)61-17-5-7-21-65(61)70-66)41-53(40-51)50-30-38-68-64(43-50)62-18-6-8-22-67(62)71-68/h1-43H. The molecule has 3 heteroatoms. The van der Waals surface area contributed by atoms with Crippen LogP contribution in [0.2, 0.25) is 0 Å². The maximum atomic E-state index is 6.27. The van der Waals surface area contributed by atoms with Gasteiger partial charge in [0.15, 0.2) is 0 Å². The van der Waals surface area contributed by atoms with E-state index in [4.69, 9.17) is 4.42 Å². The first-order chi connectivity index (χ1) is 35.1. The predicted molar refractivity (Wildman–Crippen MR) is 303 cm³/mol. The van der Waals surface area contributed by atoms with Gasteiger partial charge in [-0.2, -0.15) is 0 Å². The maximum Gasteiger partial charge on any atom is 0.135 e. The highest BCUT2D eigenvalue weighted by atomic mass is 32.1. The summed E-state index contributed by atoms with van der Waals surface area (Å²) in [5.74, 6) is 0. The van der Waals surface area contributed by atoms with E-state index in [9.17, 15) is 0 Å². The van der Waals surface area contributed by atoms with Crippen molar-refractivity contribution >= 4 is 92.1 Å². The number of furan rings is 1. The van der Waals surface area contributed by atoms with Crippen molar-refractivity contribution in [2.45, 2.75) is 0 Å². The molecule has 0 saturated carbocycles. The van der Waals surface area contributed by atoms with Crippen LogP contribution >= 0.6 is 11.3 Å². The number of thiophene rings is 1. The number of nitrogens with zero attached hydrogens (tertiary/aromatic N) is 1. The van der Waals surface area contributed by atoms with Crippen LogP contribution in [-0.4, -0.2) is 0 Å². The molecule has 2 aromatic heterocycles. The van der Waals surface area contributed by atoms with E-state index in [1.165, 1.54) is 75.1 Å². The Bertz CT molecular complexity index is 4070. The molecule has 0 amide bonds. The topological polar surface area (TPSA) is 16.4 Å².